The summed E-state index contributed by atoms with van der Waals surface area (Å²) in [6.45, 7) is 24.3. The molecule has 4 heteroatoms. The number of fused-ring (bicyclic) bond motifs is 1. The number of hydrogen-bond donors (Lipinski definition) is 0. The van der Waals surface area contributed by atoms with Crippen LogP contribution in [-0.4, -0.2) is 29.3 Å². The van der Waals surface area contributed by atoms with Crippen molar-refractivity contribution in [1.82, 2.24) is 0 Å². The molecule has 2 rings (SSSR count). The fourth-order valence-electron chi connectivity index (χ4n) is 3.51. The summed E-state index contributed by atoms with van der Waals surface area (Å²) in [4.78, 5) is 0. The van der Waals surface area contributed by atoms with Gasteiger partial charge in [-0.1, -0.05) is 65.8 Å². The predicted octanol–water partition coefficient (Wildman–Crippen LogP) is 6.92. The van der Waals surface area contributed by atoms with Crippen LogP contribution < -0.4 is 0 Å². The van der Waals surface area contributed by atoms with E-state index in [0.717, 1.165) is 19.4 Å². The van der Waals surface area contributed by atoms with E-state index in [2.05, 4.69) is 92.0 Å². The first-order valence-corrected chi connectivity index (χ1v) is 16.1. The van der Waals surface area contributed by atoms with Gasteiger partial charge in [0, 0.05) is 18.1 Å². The topological polar surface area (TPSA) is 18.5 Å². The van der Waals surface area contributed by atoms with Gasteiger partial charge in [0.2, 0.25) is 0 Å². The lowest BCUT2D eigenvalue weighted by atomic mass is 9.76. The normalized spacial score (nSPS) is 29.9. The Morgan fingerprint density at radius 1 is 0.923 bits per heavy atom. The molecule has 0 aromatic rings. The van der Waals surface area contributed by atoms with E-state index in [-0.39, 0.29) is 15.5 Å². The van der Waals surface area contributed by atoms with Gasteiger partial charge in [0.05, 0.1) is 0 Å². The summed E-state index contributed by atoms with van der Waals surface area (Å²) in [6.07, 6.45) is 11.8. The summed E-state index contributed by atoms with van der Waals surface area (Å²) in [7, 11) is -3.48. The van der Waals surface area contributed by atoms with Gasteiger partial charge in [0.1, 0.15) is 0 Å². The molecule has 0 bridgehead atoms. The Morgan fingerprint density at radius 2 is 1.50 bits per heavy atom. The quantitative estimate of drug-likeness (QED) is 0.471. The zero-order valence-corrected chi connectivity index (χ0v) is 20.9. The van der Waals surface area contributed by atoms with Crippen molar-refractivity contribution in [2.75, 3.05) is 6.61 Å². The van der Waals surface area contributed by atoms with E-state index < -0.39 is 16.6 Å². The molecule has 1 fully saturated rings. The maximum absolute atomic E-state index is 6.81. The third-order valence-corrected chi connectivity index (χ3v) is 16.5. The predicted molar refractivity (Wildman–Crippen MR) is 119 cm³/mol. The Balaban J connectivity index is 2.14. The van der Waals surface area contributed by atoms with Crippen molar-refractivity contribution < 1.29 is 8.85 Å². The first-order chi connectivity index (χ1) is 11.6. The molecule has 26 heavy (non-hydrogen) atoms. The first-order valence-electron chi connectivity index (χ1n) is 10.3. The first kappa shape index (κ1) is 22.1. The summed E-state index contributed by atoms with van der Waals surface area (Å²) in [6, 6.07) is 0. The zero-order valence-electron chi connectivity index (χ0n) is 18.9. The lowest BCUT2D eigenvalue weighted by molar-refractivity contribution is 0.132. The van der Waals surface area contributed by atoms with Crippen LogP contribution in [0.1, 0.15) is 54.4 Å². The molecule has 0 saturated heterocycles. The van der Waals surface area contributed by atoms with Crippen molar-refractivity contribution in [2.24, 2.45) is 11.3 Å². The van der Waals surface area contributed by atoms with Crippen LogP contribution >= 0.6 is 0 Å². The second kappa shape index (κ2) is 7.02. The minimum atomic E-state index is -1.74. The maximum atomic E-state index is 6.81. The average molecular weight is 395 g/mol. The standard InChI is InChI=1S/C22H42O2Si2/c1-20(2,3)25(7,8)23-17-22-14-12-11-13-18(22)15-19(16-22)24-26(9,10)21(4,5)6/h11-14,18-19H,15-17H2,1-10H3/t18-,19-,22+/m0/s1. The molecule has 0 spiro atoms. The molecule has 0 aromatic carbocycles. The zero-order chi connectivity index (χ0) is 20.0. The van der Waals surface area contributed by atoms with Gasteiger partial charge < -0.3 is 8.85 Å². The molecule has 0 unspecified atom stereocenters. The summed E-state index contributed by atoms with van der Waals surface area (Å²) >= 11 is 0. The van der Waals surface area contributed by atoms with Gasteiger partial charge in [0.15, 0.2) is 16.6 Å². The second-order valence-corrected chi connectivity index (χ2v) is 21.1. The highest BCUT2D eigenvalue weighted by Crippen LogP contribution is 2.51. The summed E-state index contributed by atoms with van der Waals surface area (Å²) in [5.74, 6) is 0.548. The lowest BCUT2D eigenvalue weighted by Gasteiger charge is -2.41. The maximum Gasteiger partial charge on any atom is 0.192 e. The molecule has 0 radical (unpaired) electrons. The number of hydrogen-bond acceptors (Lipinski definition) is 2. The minimum Gasteiger partial charge on any atom is -0.416 e. The molecule has 150 valence electrons. The van der Waals surface area contributed by atoms with Crippen LogP contribution in [0.5, 0.6) is 0 Å². The third-order valence-electron chi connectivity index (χ3n) is 7.52. The smallest absolute Gasteiger partial charge is 0.192 e. The van der Waals surface area contributed by atoms with Crippen LogP contribution in [0.15, 0.2) is 24.3 Å². The minimum absolute atomic E-state index is 0.122. The van der Waals surface area contributed by atoms with Gasteiger partial charge in [-0.15, -0.1) is 0 Å². The molecule has 2 aliphatic carbocycles. The lowest BCUT2D eigenvalue weighted by Crippen LogP contribution is -2.45. The summed E-state index contributed by atoms with van der Waals surface area (Å²) in [5, 5.41) is 0.514. The van der Waals surface area contributed by atoms with E-state index in [1.807, 2.05) is 0 Å². The fraction of sp³-hybridized carbons (Fsp3) is 0.818. The molecule has 3 atom stereocenters. The molecule has 2 nitrogen and oxygen atoms in total. The molecule has 0 amide bonds. The number of allylic oxidation sites excluding steroid dienone is 3. The molecule has 0 heterocycles. The Kier molecular flexibility index (Phi) is 5.97. The highest BCUT2D eigenvalue weighted by atomic mass is 28.4. The highest BCUT2D eigenvalue weighted by molar-refractivity contribution is 6.74. The highest BCUT2D eigenvalue weighted by Gasteiger charge is 2.50. The van der Waals surface area contributed by atoms with Crippen molar-refractivity contribution in [3.63, 3.8) is 0 Å². The van der Waals surface area contributed by atoms with Crippen molar-refractivity contribution in [3.8, 4) is 0 Å². The van der Waals surface area contributed by atoms with Crippen LogP contribution in [0.3, 0.4) is 0 Å². The van der Waals surface area contributed by atoms with Crippen LogP contribution in [0, 0.1) is 11.3 Å². The van der Waals surface area contributed by atoms with E-state index >= 15 is 0 Å². The second-order valence-electron chi connectivity index (χ2n) is 11.6. The molecule has 2 aliphatic rings. The third kappa shape index (κ3) is 4.45. The fourth-order valence-corrected chi connectivity index (χ4v) is 5.94. The Bertz CT molecular complexity index is 564. The van der Waals surface area contributed by atoms with Crippen LogP contribution in [0.25, 0.3) is 0 Å². The van der Waals surface area contributed by atoms with E-state index in [0.29, 0.717) is 12.0 Å². The Hall–Kier alpha value is -0.166. The van der Waals surface area contributed by atoms with Crippen molar-refractivity contribution in [3.05, 3.63) is 24.3 Å². The molecular weight excluding hydrogens is 352 g/mol. The molecule has 0 N–H and O–H groups in total. The number of rotatable bonds is 5. The molecular formula is C22H42O2Si2. The van der Waals surface area contributed by atoms with Gasteiger partial charge >= 0.3 is 0 Å². The van der Waals surface area contributed by atoms with Crippen LogP contribution in [0.2, 0.25) is 36.3 Å². The van der Waals surface area contributed by atoms with Gasteiger partial charge in [-0.25, -0.2) is 0 Å². The van der Waals surface area contributed by atoms with E-state index in [1.54, 1.807) is 0 Å². The van der Waals surface area contributed by atoms with E-state index in [1.165, 1.54) is 0 Å². The van der Waals surface area contributed by atoms with Crippen LogP contribution in [-0.2, 0) is 8.85 Å². The van der Waals surface area contributed by atoms with Gasteiger partial charge in [-0.05, 0) is 55.0 Å². The van der Waals surface area contributed by atoms with Gasteiger partial charge in [-0.3, -0.25) is 0 Å². The largest absolute Gasteiger partial charge is 0.416 e. The van der Waals surface area contributed by atoms with Crippen molar-refractivity contribution in [1.29, 1.82) is 0 Å². The van der Waals surface area contributed by atoms with Crippen molar-refractivity contribution >= 4 is 16.6 Å². The summed E-state index contributed by atoms with van der Waals surface area (Å²) in [5.41, 5.74) is 0.122. The monoisotopic (exact) mass is 394 g/mol. The Labute approximate surface area is 164 Å². The van der Waals surface area contributed by atoms with E-state index in [4.69, 9.17) is 8.85 Å². The Morgan fingerprint density at radius 3 is 2.04 bits per heavy atom. The molecule has 0 aromatic heterocycles. The molecule has 0 aliphatic heterocycles. The van der Waals surface area contributed by atoms with Crippen LogP contribution in [0.4, 0.5) is 0 Å². The van der Waals surface area contributed by atoms with E-state index in [9.17, 15) is 0 Å². The SMILES string of the molecule is CC(C)(C)[Si](C)(C)OC[C@]12C=CC=C[C@H]1C[C@H](O[Si](C)(C)C(C)(C)C)C2. The molecule has 1 saturated carbocycles. The van der Waals surface area contributed by atoms with Gasteiger partial charge in [-0.2, -0.15) is 0 Å². The summed E-state index contributed by atoms with van der Waals surface area (Å²) < 4.78 is 13.5. The van der Waals surface area contributed by atoms with Crippen molar-refractivity contribution in [2.45, 2.75) is 96.8 Å². The van der Waals surface area contributed by atoms with Gasteiger partial charge in [0.25, 0.3) is 0 Å². The average Bonchev–Trinajstić information content (AvgIpc) is 2.80.